The first-order valence-corrected chi connectivity index (χ1v) is 8.43. The zero-order valence-corrected chi connectivity index (χ0v) is 13.6. The minimum absolute atomic E-state index is 0.130. The highest BCUT2D eigenvalue weighted by Gasteiger charge is 2.19. The number of aryl methyl sites for hydroxylation is 1. The molecule has 0 unspecified atom stereocenters. The van der Waals surface area contributed by atoms with E-state index in [0.717, 1.165) is 50.6 Å². The molecular weight excluding hydrogens is 298 g/mol. The smallest absolute Gasteiger partial charge is 0.307 e. The second kappa shape index (κ2) is 6.54. The van der Waals surface area contributed by atoms with Gasteiger partial charge in [-0.2, -0.15) is 0 Å². The summed E-state index contributed by atoms with van der Waals surface area (Å²) >= 11 is 1.27. The van der Waals surface area contributed by atoms with Gasteiger partial charge in [-0.3, -0.25) is 9.69 Å². The molecule has 0 bridgehead atoms. The van der Waals surface area contributed by atoms with E-state index in [-0.39, 0.29) is 4.87 Å². The number of benzene rings is 1. The van der Waals surface area contributed by atoms with Crippen LogP contribution in [0.1, 0.15) is 5.69 Å². The molecule has 2 heterocycles. The average molecular weight is 319 g/mol. The van der Waals surface area contributed by atoms with Gasteiger partial charge >= 0.3 is 4.87 Å². The third-order valence-electron chi connectivity index (χ3n) is 4.21. The van der Waals surface area contributed by atoms with Crippen molar-refractivity contribution < 1.29 is 5.11 Å². The Hall–Kier alpha value is -1.79. The Labute approximate surface area is 134 Å². The maximum absolute atomic E-state index is 11.7. The number of hydrogen-bond acceptors (Lipinski definition) is 5. The molecule has 0 atom stereocenters. The summed E-state index contributed by atoms with van der Waals surface area (Å²) in [6.45, 7) is 7.33. The Morgan fingerprint density at radius 2 is 1.86 bits per heavy atom. The summed E-state index contributed by atoms with van der Waals surface area (Å²) in [5.74, 6) is 0.344. The first-order chi connectivity index (χ1) is 10.6. The zero-order chi connectivity index (χ0) is 15.5. The van der Waals surface area contributed by atoms with Crippen molar-refractivity contribution in [1.29, 1.82) is 0 Å². The minimum Gasteiger partial charge on any atom is -0.506 e. The zero-order valence-electron chi connectivity index (χ0n) is 12.7. The van der Waals surface area contributed by atoms with Gasteiger partial charge in [0.1, 0.15) is 5.75 Å². The molecule has 1 fully saturated rings. The molecule has 118 valence electrons. The molecule has 5 nitrogen and oxygen atoms in total. The van der Waals surface area contributed by atoms with Gasteiger partial charge in [-0.15, -0.1) is 0 Å². The molecular formula is C16H21N3O2S. The summed E-state index contributed by atoms with van der Waals surface area (Å²) in [7, 11) is 0. The quantitative estimate of drug-likeness (QED) is 0.933. The molecule has 0 aliphatic carbocycles. The summed E-state index contributed by atoms with van der Waals surface area (Å²) in [6, 6.07) is 7.48. The Morgan fingerprint density at radius 1 is 1.14 bits per heavy atom. The van der Waals surface area contributed by atoms with Crippen molar-refractivity contribution >= 4 is 17.0 Å². The molecule has 1 aliphatic rings. The molecule has 3 rings (SSSR count). The number of phenols is 1. The second-order valence-corrected chi connectivity index (χ2v) is 6.43. The number of phenolic OH excluding ortho intramolecular Hbond substituents is 1. The molecule has 1 aliphatic heterocycles. The Kier molecular flexibility index (Phi) is 4.49. The first-order valence-electron chi connectivity index (χ1n) is 7.55. The minimum atomic E-state index is 0.130. The highest BCUT2D eigenvalue weighted by atomic mass is 32.1. The number of hydrogen-bond donors (Lipinski definition) is 1. The number of rotatable bonds is 4. The van der Waals surface area contributed by atoms with Crippen LogP contribution in [-0.4, -0.2) is 47.3 Å². The molecule has 1 aromatic carbocycles. The van der Waals surface area contributed by atoms with Crippen LogP contribution >= 0.6 is 11.3 Å². The van der Waals surface area contributed by atoms with E-state index < -0.39 is 0 Å². The summed E-state index contributed by atoms with van der Waals surface area (Å²) in [4.78, 5) is 16.4. The number of nitrogens with zero attached hydrogens (tertiary/aromatic N) is 3. The van der Waals surface area contributed by atoms with E-state index >= 15 is 0 Å². The summed E-state index contributed by atoms with van der Waals surface area (Å²) in [6.07, 6.45) is 0. The van der Waals surface area contributed by atoms with E-state index in [2.05, 4.69) is 9.80 Å². The summed E-state index contributed by atoms with van der Waals surface area (Å²) in [5.41, 5.74) is 1.95. The molecule has 0 radical (unpaired) electrons. The van der Waals surface area contributed by atoms with Crippen molar-refractivity contribution in [3.05, 3.63) is 45.0 Å². The van der Waals surface area contributed by atoms with E-state index in [4.69, 9.17) is 0 Å². The van der Waals surface area contributed by atoms with Crippen molar-refractivity contribution in [3.63, 3.8) is 0 Å². The van der Waals surface area contributed by atoms with Gasteiger partial charge in [0.15, 0.2) is 0 Å². The molecule has 0 amide bonds. The standard InChI is InChI=1S/C16H21N3O2S/c1-13-12-22-16(21)19(13)11-8-17-6-9-18(10-7-17)14-4-2-3-5-15(14)20/h2-5,12,20H,6-11H2,1H3. The Morgan fingerprint density at radius 3 is 2.50 bits per heavy atom. The average Bonchev–Trinajstić information content (AvgIpc) is 2.85. The number of aromatic hydroxyl groups is 1. The maximum atomic E-state index is 11.7. The van der Waals surface area contributed by atoms with Crippen LogP contribution in [0.15, 0.2) is 34.4 Å². The number of anilines is 1. The van der Waals surface area contributed by atoms with Crippen LogP contribution in [0.5, 0.6) is 5.75 Å². The van der Waals surface area contributed by atoms with Crippen LogP contribution in [0.4, 0.5) is 5.69 Å². The van der Waals surface area contributed by atoms with Crippen LogP contribution in [0, 0.1) is 6.92 Å². The van der Waals surface area contributed by atoms with E-state index in [1.165, 1.54) is 11.3 Å². The van der Waals surface area contributed by atoms with Crippen LogP contribution in [0.25, 0.3) is 0 Å². The van der Waals surface area contributed by atoms with Gasteiger partial charge in [0.05, 0.1) is 5.69 Å². The summed E-state index contributed by atoms with van der Waals surface area (Å²) < 4.78 is 1.85. The molecule has 22 heavy (non-hydrogen) atoms. The molecule has 2 aromatic rings. The SMILES string of the molecule is Cc1csc(=O)n1CCN1CCN(c2ccccc2O)CC1. The molecule has 1 aromatic heterocycles. The lowest BCUT2D eigenvalue weighted by Crippen LogP contribution is -2.47. The van der Waals surface area contributed by atoms with Gasteiger partial charge in [0, 0.05) is 50.3 Å². The third kappa shape index (κ3) is 3.18. The van der Waals surface area contributed by atoms with Crippen molar-refractivity contribution in [2.45, 2.75) is 13.5 Å². The Bertz CT molecular complexity index is 687. The van der Waals surface area contributed by atoms with E-state index in [1.807, 2.05) is 35.1 Å². The van der Waals surface area contributed by atoms with Gasteiger partial charge in [0.2, 0.25) is 0 Å². The first kappa shape index (κ1) is 15.1. The number of thiazole rings is 1. The maximum Gasteiger partial charge on any atom is 0.307 e. The number of piperazine rings is 1. The molecule has 6 heteroatoms. The van der Waals surface area contributed by atoms with Crippen molar-refractivity contribution in [3.8, 4) is 5.75 Å². The number of aromatic nitrogens is 1. The van der Waals surface area contributed by atoms with Crippen LogP contribution < -0.4 is 9.77 Å². The van der Waals surface area contributed by atoms with Crippen molar-refractivity contribution in [1.82, 2.24) is 9.47 Å². The van der Waals surface area contributed by atoms with Gasteiger partial charge in [-0.25, -0.2) is 0 Å². The lowest BCUT2D eigenvalue weighted by Gasteiger charge is -2.36. The molecule has 1 N–H and O–H groups in total. The van der Waals surface area contributed by atoms with E-state index in [0.29, 0.717) is 5.75 Å². The fourth-order valence-corrected chi connectivity index (χ4v) is 3.62. The van der Waals surface area contributed by atoms with Gasteiger partial charge in [-0.05, 0) is 19.1 Å². The lowest BCUT2D eigenvalue weighted by atomic mass is 10.2. The highest BCUT2D eigenvalue weighted by Crippen LogP contribution is 2.27. The van der Waals surface area contributed by atoms with Crippen molar-refractivity contribution in [2.24, 2.45) is 0 Å². The monoisotopic (exact) mass is 319 g/mol. The van der Waals surface area contributed by atoms with E-state index in [9.17, 15) is 9.90 Å². The number of para-hydroxylation sites is 2. The largest absolute Gasteiger partial charge is 0.506 e. The van der Waals surface area contributed by atoms with Gasteiger partial charge in [0.25, 0.3) is 0 Å². The fourth-order valence-electron chi connectivity index (χ4n) is 2.86. The highest BCUT2D eigenvalue weighted by molar-refractivity contribution is 7.07. The molecule has 0 saturated carbocycles. The van der Waals surface area contributed by atoms with Crippen LogP contribution in [0.3, 0.4) is 0 Å². The van der Waals surface area contributed by atoms with Crippen LogP contribution in [0.2, 0.25) is 0 Å². The fraction of sp³-hybridized carbons (Fsp3) is 0.438. The summed E-state index contributed by atoms with van der Waals surface area (Å²) in [5, 5.41) is 11.8. The van der Waals surface area contributed by atoms with Gasteiger partial charge in [-0.1, -0.05) is 23.5 Å². The topological polar surface area (TPSA) is 48.7 Å². The predicted octanol–water partition coefficient (Wildman–Crippen LogP) is 1.75. The predicted molar refractivity (Wildman–Crippen MR) is 90.1 cm³/mol. The van der Waals surface area contributed by atoms with Gasteiger partial charge < -0.3 is 14.6 Å². The van der Waals surface area contributed by atoms with E-state index in [1.54, 1.807) is 6.07 Å². The molecule has 0 spiro atoms. The lowest BCUT2D eigenvalue weighted by molar-refractivity contribution is 0.246. The second-order valence-electron chi connectivity index (χ2n) is 5.61. The van der Waals surface area contributed by atoms with Crippen molar-refractivity contribution in [2.75, 3.05) is 37.6 Å². The van der Waals surface area contributed by atoms with Crippen LogP contribution in [-0.2, 0) is 6.54 Å². The third-order valence-corrected chi connectivity index (χ3v) is 5.09. The normalized spacial score (nSPS) is 16.1. The molecule has 1 saturated heterocycles. The Balaban J connectivity index is 1.54.